The number of nitrogens with zero attached hydrogens (tertiary/aromatic N) is 1. The highest BCUT2D eigenvalue weighted by Gasteiger charge is 2.29. The van der Waals surface area contributed by atoms with Crippen molar-refractivity contribution in [1.29, 1.82) is 0 Å². The molecule has 1 heterocycles. The van der Waals surface area contributed by atoms with Crippen molar-refractivity contribution < 1.29 is 9.59 Å². The molecule has 0 bridgehead atoms. The van der Waals surface area contributed by atoms with Crippen LogP contribution in [-0.4, -0.2) is 30.8 Å². The molecule has 190 valence electrons. The van der Waals surface area contributed by atoms with Crippen LogP contribution in [0.5, 0.6) is 0 Å². The summed E-state index contributed by atoms with van der Waals surface area (Å²) in [5, 5.41) is 9.09. The van der Waals surface area contributed by atoms with E-state index in [9.17, 15) is 9.59 Å². The van der Waals surface area contributed by atoms with Crippen LogP contribution in [0.2, 0.25) is 0 Å². The van der Waals surface area contributed by atoms with Crippen LogP contribution in [0.15, 0.2) is 103 Å². The number of nitrogens with one attached hydrogen (secondary N) is 3. The van der Waals surface area contributed by atoms with E-state index in [-0.39, 0.29) is 11.8 Å². The van der Waals surface area contributed by atoms with Crippen molar-refractivity contribution in [3.05, 3.63) is 131 Å². The van der Waals surface area contributed by atoms with E-state index in [0.29, 0.717) is 28.1 Å². The Labute approximate surface area is 223 Å². The Bertz CT molecular complexity index is 1480. The fourth-order valence-corrected chi connectivity index (χ4v) is 4.69. The predicted octanol–water partition coefficient (Wildman–Crippen LogP) is 5.61. The second-order valence-corrected chi connectivity index (χ2v) is 9.39. The number of carbonyl (C=O) groups is 2. The molecule has 0 spiro atoms. The lowest BCUT2D eigenvalue weighted by molar-refractivity contribution is -0.110. The zero-order valence-corrected chi connectivity index (χ0v) is 21.5. The highest BCUT2D eigenvalue weighted by molar-refractivity contribution is 6.37. The molecule has 5 rings (SSSR count). The molecule has 3 N–H and O–H groups in total. The Morgan fingerprint density at radius 3 is 2.08 bits per heavy atom. The summed E-state index contributed by atoms with van der Waals surface area (Å²) in [6.07, 6.45) is 0. The smallest absolute Gasteiger partial charge is 0.258 e. The first-order valence-electron chi connectivity index (χ1n) is 12.6. The van der Waals surface area contributed by atoms with Gasteiger partial charge in [-0.05, 0) is 54.1 Å². The predicted molar refractivity (Wildman–Crippen MR) is 153 cm³/mol. The molecule has 38 heavy (non-hydrogen) atoms. The lowest BCUT2D eigenvalue weighted by atomic mass is 9.98. The van der Waals surface area contributed by atoms with Gasteiger partial charge in [-0.15, -0.1) is 0 Å². The van der Waals surface area contributed by atoms with E-state index >= 15 is 0 Å². The first kappa shape index (κ1) is 25.0. The van der Waals surface area contributed by atoms with Crippen molar-refractivity contribution in [2.45, 2.75) is 13.1 Å². The first-order chi connectivity index (χ1) is 18.5. The average molecular weight is 503 g/mol. The van der Waals surface area contributed by atoms with E-state index in [0.717, 1.165) is 24.3 Å². The van der Waals surface area contributed by atoms with E-state index < -0.39 is 0 Å². The molecule has 6 nitrogen and oxygen atoms in total. The monoisotopic (exact) mass is 502 g/mol. The van der Waals surface area contributed by atoms with Crippen LogP contribution in [-0.2, 0) is 17.9 Å². The van der Waals surface area contributed by atoms with Gasteiger partial charge in [0.05, 0.1) is 11.3 Å². The van der Waals surface area contributed by atoms with E-state index in [2.05, 4.69) is 64.3 Å². The van der Waals surface area contributed by atoms with Crippen LogP contribution in [0.25, 0.3) is 11.3 Å². The van der Waals surface area contributed by atoms with Gasteiger partial charge in [-0.3, -0.25) is 14.5 Å². The SMILES string of the molecule is CNC(=O)c1ccc2c(c1)C(=C(Nc1ccc(CN(C)Cc3ccccc3)cc1)c1ccccc1)C(=O)N2. The molecule has 0 aromatic heterocycles. The van der Waals surface area contributed by atoms with Crippen LogP contribution < -0.4 is 16.0 Å². The summed E-state index contributed by atoms with van der Waals surface area (Å²) in [6.45, 7) is 1.69. The van der Waals surface area contributed by atoms with Crippen molar-refractivity contribution in [1.82, 2.24) is 10.2 Å². The molecule has 4 aromatic carbocycles. The number of anilines is 2. The van der Waals surface area contributed by atoms with Gasteiger partial charge in [-0.2, -0.15) is 0 Å². The Morgan fingerprint density at radius 1 is 0.789 bits per heavy atom. The number of hydrogen-bond donors (Lipinski definition) is 3. The first-order valence-corrected chi connectivity index (χ1v) is 12.6. The normalized spacial score (nSPS) is 13.6. The fourth-order valence-electron chi connectivity index (χ4n) is 4.69. The molecular formula is C32H30N4O2. The lowest BCUT2D eigenvalue weighted by Gasteiger charge is -2.18. The summed E-state index contributed by atoms with van der Waals surface area (Å²) < 4.78 is 0. The summed E-state index contributed by atoms with van der Waals surface area (Å²) in [4.78, 5) is 27.8. The third-order valence-electron chi connectivity index (χ3n) is 6.54. The number of carbonyl (C=O) groups excluding carboxylic acids is 2. The molecule has 0 saturated heterocycles. The zero-order valence-electron chi connectivity index (χ0n) is 21.5. The Balaban J connectivity index is 1.44. The zero-order chi connectivity index (χ0) is 26.5. The third-order valence-corrected chi connectivity index (χ3v) is 6.54. The minimum atomic E-state index is -0.209. The number of hydrogen-bond acceptors (Lipinski definition) is 4. The van der Waals surface area contributed by atoms with E-state index in [1.54, 1.807) is 25.2 Å². The maximum atomic E-state index is 13.2. The summed E-state index contributed by atoms with van der Waals surface area (Å²) in [7, 11) is 3.70. The van der Waals surface area contributed by atoms with Gasteiger partial charge in [-0.1, -0.05) is 72.8 Å². The summed E-state index contributed by atoms with van der Waals surface area (Å²) in [5.41, 5.74) is 7.29. The van der Waals surface area contributed by atoms with Gasteiger partial charge < -0.3 is 16.0 Å². The molecule has 0 unspecified atom stereocenters. The number of benzene rings is 4. The lowest BCUT2D eigenvalue weighted by Crippen LogP contribution is -2.17. The van der Waals surface area contributed by atoms with Crippen LogP contribution in [0.3, 0.4) is 0 Å². The maximum Gasteiger partial charge on any atom is 0.258 e. The van der Waals surface area contributed by atoms with Crippen LogP contribution in [0.1, 0.15) is 32.6 Å². The van der Waals surface area contributed by atoms with E-state index in [1.807, 2.05) is 48.5 Å². The molecule has 1 aliphatic heterocycles. The summed E-state index contributed by atoms with van der Waals surface area (Å²) >= 11 is 0. The van der Waals surface area contributed by atoms with E-state index in [1.165, 1.54) is 11.1 Å². The quantitative estimate of drug-likeness (QED) is 0.274. The fraction of sp³-hybridized carbons (Fsp3) is 0.125. The summed E-state index contributed by atoms with van der Waals surface area (Å²) in [6, 6.07) is 33.7. The molecule has 4 aromatic rings. The van der Waals surface area contributed by atoms with Gasteiger partial charge in [-0.25, -0.2) is 0 Å². The molecule has 0 aliphatic carbocycles. The molecule has 0 fully saturated rings. The van der Waals surface area contributed by atoms with Gasteiger partial charge in [0.25, 0.3) is 11.8 Å². The Hall–Kier alpha value is -4.68. The molecule has 0 radical (unpaired) electrons. The highest BCUT2D eigenvalue weighted by Crippen LogP contribution is 2.38. The average Bonchev–Trinajstić information content (AvgIpc) is 3.27. The van der Waals surface area contributed by atoms with Crippen molar-refractivity contribution in [2.75, 3.05) is 24.7 Å². The van der Waals surface area contributed by atoms with Crippen LogP contribution in [0.4, 0.5) is 11.4 Å². The van der Waals surface area contributed by atoms with E-state index in [4.69, 9.17) is 0 Å². The minimum Gasteiger partial charge on any atom is -0.355 e. The molecule has 0 atom stereocenters. The largest absolute Gasteiger partial charge is 0.355 e. The topological polar surface area (TPSA) is 73.5 Å². The Kier molecular flexibility index (Phi) is 7.33. The van der Waals surface area contributed by atoms with Crippen molar-refractivity contribution in [2.24, 2.45) is 0 Å². The second kappa shape index (κ2) is 11.2. The molecule has 6 heteroatoms. The third kappa shape index (κ3) is 5.51. The van der Waals surface area contributed by atoms with Gasteiger partial charge in [0.2, 0.25) is 0 Å². The highest BCUT2D eigenvalue weighted by atomic mass is 16.2. The molecule has 2 amide bonds. The summed E-state index contributed by atoms with van der Waals surface area (Å²) in [5.74, 6) is -0.409. The van der Waals surface area contributed by atoms with Crippen molar-refractivity contribution >= 4 is 34.5 Å². The number of rotatable bonds is 8. The van der Waals surface area contributed by atoms with Gasteiger partial charge in [0.1, 0.15) is 0 Å². The van der Waals surface area contributed by atoms with Crippen molar-refractivity contribution in [3.8, 4) is 0 Å². The molecule has 1 aliphatic rings. The second-order valence-electron chi connectivity index (χ2n) is 9.39. The number of fused-ring (bicyclic) bond motifs is 1. The standard InChI is InChI=1S/C32H30N4O2/c1-33-31(37)25-15-18-28-27(19-25)29(32(38)35-28)30(24-11-7-4-8-12-24)34-26-16-13-23(14-17-26)21-36(2)20-22-9-5-3-6-10-22/h3-19,34H,20-21H2,1-2H3,(H,33,37)(H,35,38). The minimum absolute atomic E-state index is 0.200. The van der Waals surface area contributed by atoms with Crippen molar-refractivity contribution in [3.63, 3.8) is 0 Å². The molecule has 0 saturated carbocycles. The van der Waals surface area contributed by atoms with Crippen LogP contribution in [0, 0.1) is 0 Å². The Morgan fingerprint density at radius 2 is 1.42 bits per heavy atom. The molecular weight excluding hydrogens is 472 g/mol. The van der Waals surface area contributed by atoms with Gasteiger partial charge >= 0.3 is 0 Å². The van der Waals surface area contributed by atoms with Crippen LogP contribution >= 0.6 is 0 Å². The maximum absolute atomic E-state index is 13.2. The van der Waals surface area contributed by atoms with Gasteiger partial charge in [0, 0.05) is 42.6 Å². The van der Waals surface area contributed by atoms with Gasteiger partial charge in [0.15, 0.2) is 0 Å². The number of amides is 2.